The second kappa shape index (κ2) is 6.91. The minimum absolute atomic E-state index is 0.0968. The number of oxime groups is 1. The van der Waals surface area contributed by atoms with Crippen molar-refractivity contribution in [3.05, 3.63) is 35.9 Å². The molecular formula is C14H21N3O3S. The van der Waals surface area contributed by atoms with Crippen molar-refractivity contribution in [2.75, 3.05) is 11.5 Å². The molecule has 116 valence electrons. The molecule has 2 rings (SSSR count). The number of hydrogen-bond donors (Lipinski definition) is 3. The smallest absolute Gasteiger partial charge is 0.151 e. The zero-order valence-electron chi connectivity index (χ0n) is 11.8. The molecule has 1 saturated heterocycles. The molecule has 4 N–H and O–H groups in total. The molecule has 1 fully saturated rings. The average Bonchev–Trinajstić information content (AvgIpc) is 2.46. The van der Waals surface area contributed by atoms with Gasteiger partial charge in [0.2, 0.25) is 0 Å². The van der Waals surface area contributed by atoms with E-state index in [0.717, 1.165) is 12.0 Å². The van der Waals surface area contributed by atoms with Crippen molar-refractivity contribution in [1.82, 2.24) is 5.32 Å². The predicted molar refractivity (Wildman–Crippen MR) is 82.0 cm³/mol. The molecule has 1 aliphatic heterocycles. The molecule has 0 aliphatic carbocycles. The van der Waals surface area contributed by atoms with Gasteiger partial charge in [-0.3, -0.25) is 0 Å². The summed E-state index contributed by atoms with van der Waals surface area (Å²) >= 11 is 0. The van der Waals surface area contributed by atoms with Crippen LogP contribution in [0.1, 0.15) is 30.9 Å². The molecule has 1 aromatic rings. The molecule has 1 aromatic carbocycles. The van der Waals surface area contributed by atoms with E-state index in [-0.39, 0.29) is 29.4 Å². The lowest BCUT2D eigenvalue weighted by atomic mass is 10.0. The summed E-state index contributed by atoms with van der Waals surface area (Å²) in [6.07, 6.45) is 1.82. The van der Waals surface area contributed by atoms with Crippen LogP contribution >= 0.6 is 0 Å². The van der Waals surface area contributed by atoms with E-state index in [9.17, 15) is 8.42 Å². The Labute approximate surface area is 125 Å². The van der Waals surface area contributed by atoms with Gasteiger partial charge in [0.05, 0.1) is 11.5 Å². The molecule has 2 atom stereocenters. The fraction of sp³-hybridized carbons (Fsp3) is 0.500. The maximum atomic E-state index is 11.7. The first-order valence-electron chi connectivity index (χ1n) is 6.98. The number of rotatable bonds is 5. The van der Waals surface area contributed by atoms with Crippen LogP contribution in [-0.4, -0.2) is 37.0 Å². The summed E-state index contributed by atoms with van der Waals surface area (Å²) in [4.78, 5) is 0. The van der Waals surface area contributed by atoms with E-state index in [0.29, 0.717) is 12.8 Å². The number of nitrogens with two attached hydrogens (primary N) is 1. The number of nitrogens with zero attached hydrogens (tertiary/aromatic N) is 1. The molecule has 0 aromatic heterocycles. The van der Waals surface area contributed by atoms with E-state index in [1.807, 2.05) is 30.3 Å². The van der Waals surface area contributed by atoms with E-state index in [4.69, 9.17) is 10.9 Å². The summed E-state index contributed by atoms with van der Waals surface area (Å²) in [5, 5.41) is 15.1. The van der Waals surface area contributed by atoms with Gasteiger partial charge in [-0.1, -0.05) is 35.5 Å². The number of sulfone groups is 1. The molecule has 0 radical (unpaired) electrons. The molecule has 2 unspecified atom stereocenters. The summed E-state index contributed by atoms with van der Waals surface area (Å²) in [7, 11) is -2.97. The molecule has 6 nitrogen and oxygen atoms in total. The number of amidine groups is 1. The average molecular weight is 311 g/mol. The van der Waals surface area contributed by atoms with Crippen molar-refractivity contribution in [3.63, 3.8) is 0 Å². The van der Waals surface area contributed by atoms with Gasteiger partial charge in [-0.2, -0.15) is 0 Å². The number of hydrogen-bond acceptors (Lipinski definition) is 5. The van der Waals surface area contributed by atoms with Crippen molar-refractivity contribution >= 4 is 15.7 Å². The lowest BCUT2D eigenvalue weighted by molar-refractivity contribution is 0.315. The van der Waals surface area contributed by atoms with Gasteiger partial charge in [-0.25, -0.2) is 8.42 Å². The molecule has 7 heteroatoms. The van der Waals surface area contributed by atoms with Crippen molar-refractivity contribution in [2.45, 2.75) is 31.3 Å². The first-order chi connectivity index (χ1) is 10.00. The minimum atomic E-state index is -2.97. The zero-order chi connectivity index (χ0) is 15.3. The van der Waals surface area contributed by atoms with Crippen LogP contribution < -0.4 is 11.1 Å². The summed E-state index contributed by atoms with van der Waals surface area (Å²) < 4.78 is 23.5. The van der Waals surface area contributed by atoms with E-state index in [1.54, 1.807) is 0 Å². The Bertz CT molecular complexity index is 587. The quantitative estimate of drug-likeness (QED) is 0.326. The second-order valence-electron chi connectivity index (χ2n) is 5.38. The third-order valence-electron chi connectivity index (χ3n) is 3.64. The third kappa shape index (κ3) is 4.71. The Morgan fingerprint density at radius 3 is 2.76 bits per heavy atom. The Hall–Kier alpha value is -1.60. The fourth-order valence-electron chi connectivity index (χ4n) is 2.65. The summed E-state index contributed by atoms with van der Waals surface area (Å²) in [5.41, 5.74) is 6.60. The standard InChI is InChI=1S/C14H21N3O3S/c15-14(17-18)9-13(11-5-2-1-3-6-11)16-12-7-4-8-21(19,20)10-12/h1-3,5-6,12-13,16,18H,4,7-10H2,(H2,15,17). The zero-order valence-corrected chi connectivity index (χ0v) is 12.6. The van der Waals surface area contributed by atoms with Crippen LogP contribution in [0.5, 0.6) is 0 Å². The lowest BCUT2D eigenvalue weighted by Gasteiger charge is -2.28. The van der Waals surface area contributed by atoms with Gasteiger partial charge in [0, 0.05) is 18.5 Å². The van der Waals surface area contributed by atoms with Crippen LogP contribution in [-0.2, 0) is 9.84 Å². The van der Waals surface area contributed by atoms with Crippen molar-refractivity contribution in [1.29, 1.82) is 0 Å². The maximum absolute atomic E-state index is 11.7. The van der Waals surface area contributed by atoms with Gasteiger partial charge in [0.1, 0.15) is 5.84 Å². The van der Waals surface area contributed by atoms with Crippen LogP contribution in [0.4, 0.5) is 0 Å². The molecule has 21 heavy (non-hydrogen) atoms. The highest BCUT2D eigenvalue weighted by Crippen LogP contribution is 2.21. The first kappa shape index (κ1) is 15.8. The SMILES string of the molecule is NC(CC(NC1CCCS(=O)(=O)C1)c1ccccc1)=NO. The van der Waals surface area contributed by atoms with Crippen LogP contribution in [0.25, 0.3) is 0 Å². The summed E-state index contributed by atoms with van der Waals surface area (Å²) in [6.45, 7) is 0. The topological polar surface area (TPSA) is 105 Å². The summed E-state index contributed by atoms with van der Waals surface area (Å²) in [5.74, 6) is 0.531. The number of benzene rings is 1. The fourth-order valence-corrected chi connectivity index (χ4v) is 4.30. The van der Waals surface area contributed by atoms with Gasteiger partial charge in [0.15, 0.2) is 9.84 Å². The third-order valence-corrected chi connectivity index (χ3v) is 5.46. The van der Waals surface area contributed by atoms with Gasteiger partial charge in [-0.05, 0) is 18.4 Å². The van der Waals surface area contributed by atoms with Crippen LogP contribution in [0, 0.1) is 0 Å². The lowest BCUT2D eigenvalue weighted by Crippen LogP contribution is -2.42. The van der Waals surface area contributed by atoms with E-state index < -0.39 is 9.84 Å². The van der Waals surface area contributed by atoms with Gasteiger partial charge < -0.3 is 16.3 Å². The van der Waals surface area contributed by atoms with Crippen LogP contribution in [0.2, 0.25) is 0 Å². The first-order valence-corrected chi connectivity index (χ1v) is 8.80. The normalized spacial score (nSPS) is 23.6. The van der Waals surface area contributed by atoms with E-state index in [2.05, 4.69) is 10.5 Å². The predicted octanol–water partition coefficient (Wildman–Crippen LogP) is 1.03. The highest BCUT2D eigenvalue weighted by molar-refractivity contribution is 7.91. The van der Waals surface area contributed by atoms with Gasteiger partial charge >= 0.3 is 0 Å². The van der Waals surface area contributed by atoms with Crippen LogP contribution in [0.15, 0.2) is 35.5 Å². The Balaban J connectivity index is 2.12. The molecular weight excluding hydrogens is 290 g/mol. The molecule has 1 heterocycles. The molecule has 0 saturated carbocycles. The van der Waals surface area contributed by atoms with Crippen molar-refractivity contribution in [3.8, 4) is 0 Å². The maximum Gasteiger partial charge on any atom is 0.151 e. The highest BCUT2D eigenvalue weighted by Gasteiger charge is 2.27. The van der Waals surface area contributed by atoms with E-state index in [1.165, 1.54) is 0 Å². The second-order valence-corrected chi connectivity index (χ2v) is 7.61. The highest BCUT2D eigenvalue weighted by atomic mass is 32.2. The monoisotopic (exact) mass is 311 g/mol. The largest absolute Gasteiger partial charge is 0.409 e. The summed E-state index contributed by atoms with van der Waals surface area (Å²) in [6, 6.07) is 9.36. The Morgan fingerprint density at radius 2 is 2.14 bits per heavy atom. The van der Waals surface area contributed by atoms with Gasteiger partial charge in [-0.15, -0.1) is 0 Å². The number of nitrogens with one attached hydrogen (secondary N) is 1. The van der Waals surface area contributed by atoms with E-state index >= 15 is 0 Å². The van der Waals surface area contributed by atoms with Gasteiger partial charge in [0.25, 0.3) is 0 Å². The Kier molecular flexibility index (Phi) is 5.19. The minimum Gasteiger partial charge on any atom is -0.409 e. The van der Waals surface area contributed by atoms with Crippen molar-refractivity contribution < 1.29 is 13.6 Å². The Morgan fingerprint density at radius 1 is 1.43 bits per heavy atom. The van der Waals surface area contributed by atoms with Crippen LogP contribution in [0.3, 0.4) is 0 Å². The molecule has 0 bridgehead atoms. The molecule has 1 aliphatic rings. The molecule has 0 spiro atoms. The molecule has 0 amide bonds. The van der Waals surface area contributed by atoms with Crippen molar-refractivity contribution in [2.24, 2.45) is 10.9 Å².